The zero-order chi connectivity index (χ0) is 12.8. The van der Waals surface area contributed by atoms with Crippen molar-refractivity contribution in [2.24, 2.45) is 5.73 Å². The highest BCUT2D eigenvalue weighted by molar-refractivity contribution is 7.80. The number of amides is 1. The summed E-state index contributed by atoms with van der Waals surface area (Å²) in [5.41, 5.74) is 6.26. The third kappa shape index (κ3) is 4.03. The standard InChI is InChI=1S/C12H16N2O2S/c1-3-14-12(15)8(2)16-10-6-4-9(5-7-10)11(13)17/h4-8H,3H2,1-2H3,(H2,13,17)(H,14,15). The van der Waals surface area contributed by atoms with Crippen molar-refractivity contribution in [3.63, 3.8) is 0 Å². The van der Waals surface area contributed by atoms with Gasteiger partial charge >= 0.3 is 0 Å². The van der Waals surface area contributed by atoms with E-state index in [1.807, 2.05) is 6.92 Å². The number of carbonyl (C=O) groups is 1. The van der Waals surface area contributed by atoms with Gasteiger partial charge in [-0.3, -0.25) is 4.79 Å². The van der Waals surface area contributed by atoms with Crippen molar-refractivity contribution in [1.82, 2.24) is 5.32 Å². The number of ether oxygens (including phenoxy) is 1. The van der Waals surface area contributed by atoms with E-state index in [1.165, 1.54) is 0 Å². The van der Waals surface area contributed by atoms with E-state index in [4.69, 9.17) is 22.7 Å². The quantitative estimate of drug-likeness (QED) is 0.774. The second-order valence-electron chi connectivity index (χ2n) is 3.54. The van der Waals surface area contributed by atoms with E-state index >= 15 is 0 Å². The van der Waals surface area contributed by atoms with Crippen LogP contribution in [0.3, 0.4) is 0 Å². The van der Waals surface area contributed by atoms with Crippen molar-refractivity contribution in [2.45, 2.75) is 20.0 Å². The predicted octanol–water partition coefficient (Wildman–Crippen LogP) is 1.22. The first-order valence-corrected chi connectivity index (χ1v) is 5.79. The molecule has 4 nitrogen and oxygen atoms in total. The summed E-state index contributed by atoms with van der Waals surface area (Å²) < 4.78 is 5.47. The highest BCUT2D eigenvalue weighted by atomic mass is 32.1. The zero-order valence-electron chi connectivity index (χ0n) is 9.90. The predicted molar refractivity (Wildman–Crippen MR) is 71.1 cm³/mol. The summed E-state index contributed by atoms with van der Waals surface area (Å²) in [7, 11) is 0. The molecule has 1 amide bonds. The van der Waals surface area contributed by atoms with Gasteiger partial charge in [-0.05, 0) is 38.1 Å². The smallest absolute Gasteiger partial charge is 0.260 e. The zero-order valence-corrected chi connectivity index (χ0v) is 10.7. The van der Waals surface area contributed by atoms with Gasteiger partial charge in [-0.15, -0.1) is 0 Å². The molecule has 3 N–H and O–H groups in total. The van der Waals surface area contributed by atoms with Crippen molar-refractivity contribution in [3.8, 4) is 5.75 Å². The average molecular weight is 252 g/mol. The lowest BCUT2D eigenvalue weighted by Crippen LogP contribution is -2.36. The fraction of sp³-hybridized carbons (Fsp3) is 0.333. The number of carbonyl (C=O) groups excluding carboxylic acids is 1. The molecule has 0 aromatic heterocycles. The summed E-state index contributed by atoms with van der Waals surface area (Å²) in [6, 6.07) is 7.01. The molecule has 17 heavy (non-hydrogen) atoms. The van der Waals surface area contributed by atoms with E-state index in [1.54, 1.807) is 31.2 Å². The van der Waals surface area contributed by atoms with Gasteiger partial charge in [0.05, 0.1) is 0 Å². The van der Waals surface area contributed by atoms with Crippen LogP contribution in [0.1, 0.15) is 19.4 Å². The Kier molecular flexibility index (Phi) is 4.90. The van der Waals surface area contributed by atoms with Crippen LogP contribution in [-0.4, -0.2) is 23.5 Å². The first-order valence-electron chi connectivity index (χ1n) is 5.38. The van der Waals surface area contributed by atoms with Crippen molar-refractivity contribution in [1.29, 1.82) is 0 Å². The highest BCUT2D eigenvalue weighted by Gasteiger charge is 2.13. The van der Waals surface area contributed by atoms with Gasteiger partial charge in [-0.25, -0.2) is 0 Å². The van der Waals surface area contributed by atoms with E-state index in [-0.39, 0.29) is 5.91 Å². The molecule has 1 aromatic carbocycles. The van der Waals surface area contributed by atoms with Crippen LogP contribution in [0, 0.1) is 0 Å². The topological polar surface area (TPSA) is 64.3 Å². The number of hydrogen-bond donors (Lipinski definition) is 2. The van der Waals surface area contributed by atoms with Crippen LogP contribution in [-0.2, 0) is 4.79 Å². The number of nitrogens with one attached hydrogen (secondary N) is 1. The van der Waals surface area contributed by atoms with Gasteiger partial charge in [0.25, 0.3) is 5.91 Å². The molecule has 0 fully saturated rings. The number of likely N-dealkylation sites (N-methyl/N-ethyl adjacent to an activating group) is 1. The van der Waals surface area contributed by atoms with Crippen LogP contribution in [0.4, 0.5) is 0 Å². The first kappa shape index (κ1) is 13.4. The van der Waals surface area contributed by atoms with Gasteiger partial charge in [-0.1, -0.05) is 12.2 Å². The van der Waals surface area contributed by atoms with Crippen molar-refractivity contribution in [2.75, 3.05) is 6.54 Å². The maximum atomic E-state index is 11.4. The molecule has 1 unspecified atom stereocenters. The lowest BCUT2D eigenvalue weighted by molar-refractivity contribution is -0.127. The minimum Gasteiger partial charge on any atom is -0.481 e. The molecule has 0 bridgehead atoms. The normalized spacial score (nSPS) is 11.6. The molecule has 0 saturated carbocycles. The Morgan fingerprint density at radius 1 is 1.47 bits per heavy atom. The monoisotopic (exact) mass is 252 g/mol. The summed E-state index contributed by atoms with van der Waals surface area (Å²) in [5.74, 6) is 0.481. The molecule has 92 valence electrons. The van der Waals surface area contributed by atoms with Crippen LogP contribution < -0.4 is 15.8 Å². The van der Waals surface area contributed by atoms with Crippen molar-refractivity contribution < 1.29 is 9.53 Å². The maximum Gasteiger partial charge on any atom is 0.260 e. The van der Waals surface area contributed by atoms with Gasteiger partial charge in [0.1, 0.15) is 10.7 Å². The Bertz CT molecular complexity index is 403. The molecule has 1 aromatic rings. The number of benzene rings is 1. The molecule has 0 aliphatic heterocycles. The Labute approximate surface area is 106 Å². The molecular formula is C12H16N2O2S. The lowest BCUT2D eigenvalue weighted by atomic mass is 10.2. The van der Waals surface area contributed by atoms with E-state index < -0.39 is 6.10 Å². The van der Waals surface area contributed by atoms with E-state index in [0.717, 1.165) is 5.56 Å². The van der Waals surface area contributed by atoms with Crippen LogP contribution in [0.2, 0.25) is 0 Å². The average Bonchev–Trinajstić information content (AvgIpc) is 2.30. The largest absolute Gasteiger partial charge is 0.481 e. The molecule has 0 aliphatic carbocycles. The Balaban J connectivity index is 2.63. The number of thiocarbonyl (C=S) groups is 1. The third-order valence-electron chi connectivity index (χ3n) is 2.17. The summed E-state index contributed by atoms with van der Waals surface area (Å²) in [6.45, 7) is 4.15. The summed E-state index contributed by atoms with van der Waals surface area (Å²) >= 11 is 4.84. The van der Waals surface area contributed by atoms with Crippen LogP contribution in [0.25, 0.3) is 0 Å². The first-order chi connectivity index (χ1) is 8.04. The molecule has 1 atom stereocenters. The molecule has 0 saturated heterocycles. The molecule has 0 aliphatic rings. The molecule has 1 rings (SSSR count). The minimum absolute atomic E-state index is 0.133. The second kappa shape index (κ2) is 6.20. The molecular weight excluding hydrogens is 236 g/mol. The molecule has 0 radical (unpaired) electrons. The van der Waals surface area contributed by atoms with E-state index in [9.17, 15) is 4.79 Å². The Hall–Kier alpha value is -1.62. The summed E-state index contributed by atoms with van der Waals surface area (Å²) in [4.78, 5) is 11.8. The van der Waals surface area contributed by atoms with Crippen molar-refractivity contribution >= 4 is 23.1 Å². The number of hydrogen-bond acceptors (Lipinski definition) is 3. The molecule has 0 spiro atoms. The number of rotatable bonds is 5. The fourth-order valence-electron chi connectivity index (χ4n) is 1.27. The Morgan fingerprint density at radius 2 is 2.06 bits per heavy atom. The van der Waals surface area contributed by atoms with Crippen molar-refractivity contribution in [3.05, 3.63) is 29.8 Å². The lowest BCUT2D eigenvalue weighted by Gasteiger charge is -2.14. The molecule has 0 heterocycles. The molecule has 5 heteroatoms. The summed E-state index contributed by atoms with van der Waals surface area (Å²) in [6.07, 6.45) is -0.523. The van der Waals surface area contributed by atoms with Crippen LogP contribution >= 0.6 is 12.2 Å². The van der Waals surface area contributed by atoms with Crippen LogP contribution in [0.5, 0.6) is 5.75 Å². The minimum atomic E-state index is -0.523. The van der Waals surface area contributed by atoms with Gasteiger partial charge < -0.3 is 15.8 Å². The Morgan fingerprint density at radius 3 is 2.53 bits per heavy atom. The highest BCUT2D eigenvalue weighted by Crippen LogP contribution is 2.13. The number of nitrogens with two attached hydrogens (primary N) is 1. The summed E-state index contributed by atoms with van der Waals surface area (Å²) in [5, 5.41) is 2.69. The van der Waals surface area contributed by atoms with Gasteiger partial charge in [0, 0.05) is 12.1 Å². The maximum absolute atomic E-state index is 11.4. The second-order valence-corrected chi connectivity index (χ2v) is 3.98. The SMILES string of the molecule is CCNC(=O)C(C)Oc1ccc(C(N)=S)cc1. The third-order valence-corrected chi connectivity index (χ3v) is 2.41. The van der Waals surface area contributed by atoms with Gasteiger partial charge in [0.15, 0.2) is 6.10 Å². The van der Waals surface area contributed by atoms with E-state index in [0.29, 0.717) is 17.3 Å². The van der Waals surface area contributed by atoms with Gasteiger partial charge in [0.2, 0.25) is 0 Å². The van der Waals surface area contributed by atoms with E-state index in [2.05, 4.69) is 5.32 Å². The fourth-order valence-corrected chi connectivity index (χ4v) is 1.41. The van der Waals surface area contributed by atoms with Gasteiger partial charge in [-0.2, -0.15) is 0 Å². The van der Waals surface area contributed by atoms with Crippen LogP contribution in [0.15, 0.2) is 24.3 Å².